The summed E-state index contributed by atoms with van der Waals surface area (Å²) in [6.07, 6.45) is 0. The fourth-order valence-corrected chi connectivity index (χ4v) is 4.37. The van der Waals surface area contributed by atoms with Gasteiger partial charge in [0.15, 0.2) is 0 Å². The lowest BCUT2D eigenvalue weighted by Gasteiger charge is -2.37. The number of rotatable bonds is 2. The van der Waals surface area contributed by atoms with Crippen LogP contribution in [0.4, 0.5) is 11.4 Å². The van der Waals surface area contributed by atoms with E-state index in [0.717, 1.165) is 25.3 Å². The van der Waals surface area contributed by atoms with Gasteiger partial charge in [0.2, 0.25) is 0 Å². The highest BCUT2D eigenvalue weighted by atomic mass is 127. The lowest BCUT2D eigenvalue weighted by molar-refractivity contribution is -0.385. The first kappa shape index (κ1) is 14.1. The maximum Gasteiger partial charge on any atom is 0.282 e. The molecule has 0 bridgehead atoms. The third-order valence-electron chi connectivity index (χ3n) is 4.80. The van der Waals surface area contributed by atoms with Crippen LogP contribution in [0.25, 0.3) is 0 Å². The van der Waals surface area contributed by atoms with Crippen molar-refractivity contribution >= 4 is 34.0 Å². The molecule has 2 unspecified atom stereocenters. The second-order valence-electron chi connectivity index (χ2n) is 6.18. The first-order valence-electron chi connectivity index (χ1n) is 6.83. The van der Waals surface area contributed by atoms with E-state index in [0.29, 0.717) is 15.4 Å². The molecule has 2 aliphatic rings. The van der Waals surface area contributed by atoms with E-state index in [1.807, 2.05) is 12.1 Å². The van der Waals surface area contributed by atoms with Crippen LogP contribution in [0.15, 0.2) is 18.2 Å². The number of nitro groups is 1. The van der Waals surface area contributed by atoms with Crippen LogP contribution in [0.1, 0.15) is 13.8 Å². The third-order valence-corrected chi connectivity index (χ3v) is 5.66. The van der Waals surface area contributed by atoms with Crippen molar-refractivity contribution in [1.82, 2.24) is 5.32 Å². The van der Waals surface area contributed by atoms with Crippen molar-refractivity contribution in [2.24, 2.45) is 11.8 Å². The van der Waals surface area contributed by atoms with Gasteiger partial charge in [-0.15, -0.1) is 0 Å². The van der Waals surface area contributed by atoms with E-state index in [2.05, 4.69) is 46.7 Å². The first-order valence-corrected chi connectivity index (χ1v) is 7.91. The summed E-state index contributed by atoms with van der Waals surface area (Å²) >= 11 is 2.05. The third kappa shape index (κ3) is 2.09. The number of hydrogen-bond donors (Lipinski definition) is 1. The molecule has 0 aliphatic carbocycles. The zero-order valence-electron chi connectivity index (χ0n) is 11.6. The molecule has 1 aromatic carbocycles. The Morgan fingerprint density at radius 1 is 1.45 bits per heavy atom. The molecule has 1 N–H and O–H groups in total. The predicted octanol–water partition coefficient (Wildman–Crippen LogP) is 2.63. The Hall–Kier alpha value is -0.890. The molecule has 1 aromatic rings. The molecule has 3 rings (SSSR count). The van der Waals surface area contributed by atoms with Crippen LogP contribution < -0.4 is 10.2 Å². The second kappa shape index (κ2) is 4.84. The molecular formula is C14H18IN3O2. The van der Waals surface area contributed by atoms with E-state index >= 15 is 0 Å². The van der Waals surface area contributed by atoms with Gasteiger partial charge < -0.3 is 10.2 Å². The molecule has 0 saturated carbocycles. The van der Waals surface area contributed by atoms with E-state index in [9.17, 15) is 10.1 Å². The van der Waals surface area contributed by atoms with Crippen molar-refractivity contribution < 1.29 is 4.92 Å². The summed E-state index contributed by atoms with van der Waals surface area (Å²) in [6, 6.07) is 5.45. The number of nitrogens with one attached hydrogen (secondary N) is 1. The van der Waals surface area contributed by atoms with Crippen LogP contribution in [0, 0.1) is 25.5 Å². The van der Waals surface area contributed by atoms with Crippen LogP contribution in [-0.4, -0.2) is 30.1 Å². The molecule has 5 nitrogen and oxygen atoms in total. The van der Waals surface area contributed by atoms with E-state index in [4.69, 9.17) is 0 Å². The van der Waals surface area contributed by atoms with E-state index < -0.39 is 0 Å². The minimum Gasteiger partial charge on any atom is -0.366 e. The average molecular weight is 387 g/mol. The van der Waals surface area contributed by atoms with E-state index in [1.165, 1.54) is 0 Å². The number of hydrogen-bond acceptors (Lipinski definition) is 4. The molecule has 6 heteroatoms. The highest BCUT2D eigenvalue weighted by Gasteiger charge is 2.49. The predicted molar refractivity (Wildman–Crippen MR) is 87.1 cm³/mol. The Labute approximate surface area is 132 Å². The van der Waals surface area contributed by atoms with Gasteiger partial charge in [0.05, 0.1) is 8.49 Å². The average Bonchev–Trinajstić information content (AvgIpc) is 2.91. The van der Waals surface area contributed by atoms with E-state index in [-0.39, 0.29) is 16.1 Å². The van der Waals surface area contributed by atoms with Crippen LogP contribution in [0.5, 0.6) is 0 Å². The summed E-state index contributed by atoms with van der Waals surface area (Å²) in [6.45, 7) is 7.73. The minimum absolute atomic E-state index is 0.0907. The van der Waals surface area contributed by atoms with Crippen molar-refractivity contribution in [3.05, 3.63) is 31.9 Å². The molecule has 20 heavy (non-hydrogen) atoms. The molecule has 0 amide bonds. The van der Waals surface area contributed by atoms with Gasteiger partial charge >= 0.3 is 0 Å². The van der Waals surface area contributed by atoms with Gasteiger partial charge in [0, 0.05) is 36.9 Å². The summed E-state index contributed by atoms with van der Waals surface area (Å²) in [4.78, 5) is 13.0. The Morgan fingerprint density at radius 3 is 2.80 bits per heavy atom. The monoisotopic (exact) mass is 387 g/mol. The standard InChI is InChI=1S/C14H18IN3O2/c1-14(2)11-7-16-6-9(11)8-17(14)10-3-4-13(18(19)20)12(15)5-10/h3-5,9,11,16H,6-8H2,1-2H3. The number of nitro benzene ring substituents is 1. The number of benzene rings is 1. The summed E-state index contributed by atoms with van der Waals surface area (Å²) in [5.74, 6) is 1.33. The van der Waals surface area contributed by atoms with Gasteiger partial charge in [-0.25, -0.2) is 0 Å². The molecule has 108 valence electrons. The lowest BCUT2D eigenvalue weighted by atomic mass is 9.85. The number of anilines is 1. The van der Waals surface area contributed by atoms with Crippen LogP contribution in [0.3, 0.4) is 0 Å². The van der Waals surface area contributed by atoms with Gasteiger partial charge in [-0.3, -0.25) is 10.1 Å². The fraction of sp³-hybridized carbons (Fsp3) is 0.571. The van der Waals surface area contributed by atoms with Crippen LogP contribution in [-0.2, 0) is 0 Å². The van der Waals surface area contributed by atoms with E-state index in [1.54, 1.807) is 6.07 Å². The van der Waals surface area contributed by atoms with Crippen LogP contribution in [0.2, 0.25) is 0 Å². The SMILES string of the molecule is CC1(C)C2CNCC2CN1c1ccc([N+](=O)[O-])c(I)c1. The summed E-state index contributed by atoms with van der Waals surface area (Å²) in [5, 5.41) is 14.4. The van der Waals surface area contributed by atoms with Gasteiger partial charge in [-0.05, 0) is 60.4 Å². The lowest BCUT2D eigenvalue weighted by Crippen LogP contribution is -2.44. The zero-order valence-corrected chi connectivity index (χ0v) is 13.8. The normalized spacial score (nSPS) is 27.6. The van der Waals surface area contributed by atoms with Crippen LogP contribution >= 0.6 is 22.6 Å². The Morgan fingerprint density at radius 2 is 2.20 bits per heavy atom. The van der Waals surface area contributed by atoms with Gasteiger partial charge in [-0.2, -0.15) is 0 Å². The number of fused-ring (bicyclic) bond motifs is 1. The molecule has 0 radical (unpaired) electrons. The van der Waals surface area contributed by atoms with Crippen molar-refractivity contribution in [2.75, 3.05) is 24.5 Å². The first-order chi connectivity index (χ1) is 9.41. The minimum atomic E-state index is -0.320. The van der Waals surface area contributed by atoms with Crippen molar-refractivity contribution in [3.8, 4) is 0 Å². The number of nitrogens with zero attached hydrogens (tertiary/aromatic N) is 2. The maximum absolute atomic E-state index is 10.9. The largest absolute Gasteiger partial charge is 0.366 e. The molecule has 0 aromatic heterocycles. The quantitative estimate of drug-likeness (QED) is 0.482. The van der Waals surface area contributed by atoms with Crippen molar-refractivity contribution in [2.45, 2.75) is 19.4 Å². The molecule has 2 fully saturated rings. The fourth-order valence-electron chi connectivity index (χ4n) is 3.67. The smallest absolute Gasteiger partial charge is 0.282 e. The highest BCUT2D eigenvalue weighted by Crippen LogP contribution is 2.43. The van der Waals surface area contributed by atoms with Gasteiger partial charge in [-0.1, -0.05) is 0 Å². The maximum atomic E-state index is 10.9. The number of halogens is 1. The summed E-state index contributed by atoms with van der Waals surface area (Å²) in [7, 11) is 0. The topological polar surface area (TPSA) is 58.4 Å². The molecule has 2 heterocycles. The van der Waals surface area contributed by atoms with Gasteiger partial charge in [0.25, 0.3) is 5.69 Å². The molecular weight excluding hydrogens is 369 g/mol. The zero-order chi connectivity index (χ0) is 14.5. The Balaban J connectivity index is 1.94. The molecule has 2 aliphatic heterocycles. The molecule has 2 saturated heterocycles. The molecule has 0 spiro atoms. The molecule has 2 atom stereocenters. The Bertz CT molecular complexity index is 561. The van der Waals surface area contributed by atoms with Crippen molar-refractivity contribution in [3.63, 3.8) is 0 Å². The van der Waals surface area contributed by atoms with Gasteiger partial charge in [0.1, 0.15) is 0 Å². The summed E-state index contributed by atoms with van der Waals surface area (Å²) < 4.78 is 0.705. The Kier molecular flexibility index (Phi) is 3.40. The summed E-state index contributed by atoms with van der Waals surface area (Å²) in [5.41, 5.74) is 1.38. The second-order valence-corrected chi connectivity index (χ2v) is 7.34. The van der Waals surface area contributed by atoms with Crippen molar-refractivity contribution in [1.29, 1.82) is 0 Å². The highest BCUT2D eigenvalue weighted by molar-refractivity contribution is 14.1.